The Morgan fingerprint density at radius 1 is 0.460 bits per heavy atom. The third-order valence-electron chi connectivity index (χ3n) is 11.0. The highest BCUT2D eigenvalue weighted by Gasteiger charge is 2.41. The zero-order valence-corrected chi connectivity index (χ0v) is 37.8. The zero-order valence-electron chi connectivity index (χ0n) is 35.8. The van der Waals surface area contributed by atoms with Crippen molar-refractivity contribution >= 4 is 17.1 Å². The predicted octanol–water partition coefficient (Wildman–Crippen LogP) is 8.84. The number of hydrogen-bond acceptors (Lipinski definition) is 8. The summed E-state index contributed by atoms with van der Waals surface area (Å²) in [6.07, 6.45) is 12.3. The second kappa shape index (κ2) is 20.7. The third-order valence-corrected chi connectivity index (χ3v) is 17.1. The summed E-state index contributed by atoms with van der Waals surface area (Å²) in [5, 5.41) is 7.83. The lowest BCUT2D eigenvalue weighted by atomic mass is 9.79. The molecule has 2 heterocycles. The third kappa shape index (κ3) is 17.1. The summed E-state index contributed by atoms with van der Waals surface area (Å²) in [6, 6.07) is 3.36. The molecule has 0 saturated carbocycles. The van der Waals surface area contributed by atoms with Gasteiger partial charge in [-0.2, -0.15) is 0 Å². The Morgan fingerprint density at radius 2 is 0.720 bits per heavy atom. The van der Waals surface area contributed by atoms with Crippen LogP contribution in [0.25, 0.3) is 0 Å². The Kier molecular flexibility index (Phi) is 19.2. The Bertz CT molecular complexity index is 832. The number of piperidine rings is 2. The number of nitrogens with zero attached hydrogens (tertiary/aromatic N) is 2. The minimum absolute atomic E-state index is 0.150. The molecule has 0 unspecified atom stereocenters. The smallest absolute Gasteiger partial charge is 0.334 e. The highest BCUT2D eigenvalue weighted by Crippen LogP contribution is 2.34. The van der Waals surface area contributed by atoms with Gasteiger partial charge in [0.25, 0.3) is 0 Å². The van der Waals surface area contributed by atoms with Gasteiger partial charge in [0.05, 0.1) is 0 Å². The fourth-order valence-corrected chi connectivity index (χ4v) is 14.6. The van der Waals surface area contributed by atoms with Crippen molar-refractivity contribution in [1.82, 2.24) is 20.4 Å². The van der Waals surface area contributed by atoms with Crippen molar-refractivity contribution < 1.29 is 17.7 Å². The van der Waals surface area contributed by atoms with Crippen molar-refractivity contribution in [3.05, 3.63) is 0 Å². The van der Waals surface area contributed by atoms with E-state index in [0.29, 0.717) is 12.1 Å². The van der Waals surface area contributed by atoms with Crippen molar-refractivity contribution in [2.45, 2.75) is 207 Å². The van der Waals surface area contributed by atoms with Crippen LogP contribution < -0.4 is 10.6 Å². The molecule has 0 atom stereocenters. The second-order valence-electron chi connectivity index (χ2n) is 18.6. The first-order valence-corrected chi connectivity index (χ1v) is 25.9. The van der Waals surface area contributed by atoms with E-state index in [4.69, 9.17) is 17.7 Å². The molecular formula is C40H86N4O4Si2. The van der Waals surface area contributed by atoms with Crippen LogP contribution in [0.2, 0.25) is 25.2 Å². The largest absolute Gasteiger partial charge is 0.395 e. The molecule has 10 heteroatoms. The maximum atomic E-state index is 6.21. The van der Waals surface area contributed by atoms with Gasteiger partial charge >= 0.3 is 17.1 Å². The van der Waals surface area contributed by atoms with Gasteiger partial charge in [0, 0.05) is 60.7 Å². The first-order chi connectivity index (χ1) is 23.2. The van der Waals surface area contributed by atoms with E-state index in [1.165, 1.54) is 64.5 Å². The highest BCUT2D eigenvalue weighted by atomic mass is 28.4. The van der Waals surface area contributed by atoms with Gasteiger partial charge in [0.15, 0.2) is 0 Å². The fraction of sp³-hybridized carbons (Fsp3) is 1.00. The van der Waals surface area contributed by atoms with Crippen LogP contribution in [0.15, 0.2) is 0 Å². The van der Waals surface area contributed by atoms with Gasteiger partial charge in [-0.05, 0) is 186 Å². The van der Waals surface area contributed by atoms with E-state index in [-0.39, 0.29) is 22.2 Å². The normalized spacial score (nSPS) is 21.4. The van der Waals surface area contributed by atoms with E-state index >= 15 is 0 Å². The first-order valence-electron chi connectivity index (χ1n) is 20.8. The fourth-order valence-electron chi connectivity index (χ4n) is 9.79. The summed E-state index contributed by atoms with van der Waals surface area (Å²) in [6.45, 7) is 39.7. The second-order valence-corrected chi connectivity index (χ2v) is 25.3. The molecule has 0 bridgehead atoms. The molecule has 2 aliphatic rings. The van der Waals surface area contributed by atoms with Crippen molar-refractivity contribution in [1.29, 1.82) is 0 Å². The van der Waals surface area contributed by atoms with Crippen molar-refractivity contribution in [3.8, 4) is 0 Å². The summed E-state index contributed by atoms with van der Waals surface area (Å²) >= 11 is 0. The van der Waals surface area contributed by atoms with E-state index < -0.39 is 17.1 Å². The topological polar surface area (TPSA) is 67.5 Å². The number of rotatable bonds is 25. The van der Waals surface area contributed by atoms with Crippen LogP contribution in [-0.2, 0) is 17.7 Å². The van der Waals surface area contributed by atoms with E-state index in [1.54, 1.807) is 0 Å². The number of hydrogen-bond donors (Lipinski definition) is 2. The lowest BCUT2D eigenvalue weighted by molar-refractivity contribution is 0.0615. The molecule has 298 valence electrons. The van der Waals surface area contributed by atoms with Crippen LogP contribution in [0.4, 0.5) is 0 Å². The Hall–Kier alpha value is 0.114. The molecule has 2 N–H and O–H groups in total. The van der Waals surface area contributed by atoms with E-state index in [0.717, 1.165) is 64.4 Å². The predicted molar refractivity (Wildman–Crippen MR) is 219 cm³/mol. The molecule has 2 rings (SSSR count). The summed E-state index contributed by atoms with van der Waals surface area (Å²) in [5.41, 5.74) is 0.599. The molecule has 0 aromatic carbocycles. The molecule has 0 radical (unpaired) electrons. The molecular weight excluding hydrogens is 657 g/mol. The minimum atomic E-state index is -2.10. The van der Waals surface area contributed by atoms with E-state index in [1.807, 2.05) is 0 Å². The van der Waals surface area contributed by atoms with Gasteiger partial charge in [-0.25, -0.2) is 0 Å². The first kappa shape index (κ1) is 46.3. The summed E-state index contributed by atoms with van der Waals surface area (Å²) in [7, 11) is -4.21. The number of nitrogens with one attached hydrogen (secondary N) is 2. The maximum Gasteiger partial charge on any atom is 0.334 e. The Morgan fingerprint density at radius 3 is 0.980 bits per heavy atom. The molecule has 2 saturated heterocycles. The summed E-state index contributed by atoms with van der Waals surface area (Å²) < 4.78 is 24.8. The van der Waals surface area contributed by atoms with Crippen LogP contribution >= 0.6 is 0 Å². The van der Waals surface area contributed by atoms with Crippen LogP contribution in [0, 0.1) is 0 Å². The quantitative estimate of drug-likeness (QED) is 0.0711. The van der Waals surface area contributed by atoms with Crippen molar-refractivity contribution in [2.24, 2.45) is 0 Å². The Balaban J connectivity index is 2.03. The van der Waals surface area contributed by atoms with Gasteiger partial charge in [-0.15, -0.1) is 0 Å². The minimum Gasteiger partial charge on any atom is -0.395 e. The molecule has 0 aliphatic carbocycles. The lowest BCUT2D eigenvalue weighted by Gasteiger charge is -2.50. The van der Waals surface area contributed by atoms with Crippen molar-refractivity contribution in [2.75, 3.05) is 52.6 Å². The molecule has 0 aromatic heterocycles. The summed E-state index contributed by atoms with van der Waals surface area (Å²) in [4.78, 5) is 5.69. The number of unbranched alkanes of at least 4 members (excludes halogenated alkanes) is 3. The molecule has 0 spiro atoms. The van der Waals surface area contributed by atoms with Gasteiger partial charge in [-0.1, -0.05) is 12.8 Å². The zero-order chi connectivity index (χ0) is 37.7. The van der Waals surface area contributed by atoms with Gasteiger partial charge in [0.2, 0.25) is 0 Å². The average Bonchev–Trinajstić information content (AvgIpc) is 2.94. The van der Waals surface area contributed by atoms with E-state index in [9.17, 15) is 0 Å². The standard InChI is InChI=1S/C40H86N4O4Si2/c1-15-45-49(13,46-16-2)29-23-27-43(35-31-37(5,6)41-38(7,8)32-35)25-21-19-20-22-26-44(28-24-30-50(14,47-17-3)48-18-4)36-33-39(9,10)42-40(11,12)34-36/h35-36,41-42H,15-34H2,1-14H3. The monoisotopic (exact) mass is 743 g/mol. The van der Waals surface area contributed by atoms with E-state index in [2.05, 4.69) is 117 Å². The molecule has 0 amide bonds. The maximum absolute atomic E-state index is 6.21. The van der Waals surface area contributed by atoms with Crippen LogP contribution in [0.1, 0.15) is 147 Å². The average molecular weight is 743 g/mol. The lowest BCUT2D eigenvalue weighted by Crippen LogP contribution is -2.62. The summed E-state index contributed by atoms with van der Waals surface area (Å²) in [5.74, 6) is 0. The van der Waals surface area contributed by atoms with Gasteiger partial charge in [0.1, 0.15) is 0 Å². The molecule has 0 aromatic rings. The van der Waals surface area contributed by atoms with Gasteiger partial charge < -0.3 is 38.1 Å². The van der Waals surface area contributed by atoms with Crippen LogP contribution in [0.5, 0.6) is 0 Å². The van der Waals surface area contributed by atoms with Gasteiger partial charge in [-0.3, -0.25) is 0 Å². The molecule has 2 fully saturated rings. The highest BCUT2D eigenvalue weighted by molar-refractivity contribution is 6.66. The van der Waals surface area contributed by atoms with Crippen molar-refractivity contribution in [3.63, 3.8) is 0 Å². The SMILES string of the molecule is CCO[Si](C)(CCCN(CCCCCCN(CCC[Si](C)(OCC)OCC)C1CC(C)(C)NC(C)(C)C1)C1CC(C)(C)NC(C)(C)C1)OCC. The molecule has 8 nitrogen and oxygen atoms in total. The molecule has 50 heavy (non-hydrogen) atoms. The molecule has 2 aliphatic heterocycles. The van der Waals surface area contributed by atoms with Crippen LogP contribution in [0.3, 0.4) is 0 Å². The van der Waals surface area contributed by atoms with Crippen LogP contribution in [-0.4, -0.2) is 114 Å². The Labute approximate surface area is 313 Å².